The molecule has 0 fully saturated rings. The van der Waals surface area contributed by atoms with Crippen molar-refractivity contribution >= 4 is 55.0 Å². The average molecular weight is 329 g/mol. The zero-order valence-corrected chi connectivity index (χ0v) is 10.3. The third-order valence-corrected chi connectivity index (χ3v) is 3.24. The molecule has 1 aromatic carbocycles. The van der Waals surface area contributed by atoms with E-state index in [0.29, 0.717) is 25.2 Å². The SMILES string of the molecule is C=C(F)c1c(Br)cc(Cl)c(N)c1Br. The largest absolute Gasteiger partial charge is 0.397 e. The Bertz CT molecular complexity index is 379. The summed E-state index contributed by atoms with van der Waals surface area (Å²) in [6.07, 6.45) is 0. The lowest BCUT2D eigenvalue weighted by Crippen LogP contribution is -1.93. The van der Waals surface area contributed by atoms with Gasteiger partial charge in [0.25, 0.3) is 0 Å². The molecule has 1 rings (SSSR count). The Labute approximate surface area is 97.0 Å². The number of anilines is 1. The van der Waals surface area contributed by atoms with Crippen LogP contribution in [-0.2, 0) is 0 Å². The molecule has 0 heterocycles. The minimum atomic E-state index is -0.567. The molecule has 0 aliphatic heterocycles. The van der Waals surface area contributed by atoms with E-state index in [1.165, 1.54) is 6.07 Å². The van der Waals surface area contributed by atoms with Crippen LogP contribution in [0.25, 0.3) is 5.83 Å². The van der Waals surface area contributed by atoms with Crippen LogP contribution in [0.2, 0.25) is 5.02 Å². The van der Waals surface area contributed by atoms with Gasteiger partial charge in [-0.05, 0) is 37.9 Å². The van der Waals surface area contributed by atoms with Crippen molar-refractivity contribution in [2.24, 2.45) is 0 Å². The first-order chi connectivity index (χ1) is 5.95. The smallest absolute Gasteiger partial charge is 0.125 e. The average Bonchev–Trinajstić information content (AvgIpc) is 1.99. The molecule has 5 heteroatoms. The zero-order valence-electron chi connectivity index (χ0n) is 6.37. The summed E-state index contributed by atoms with van der Waals surface area (Å²) in [6.45, 7) is 3.19. The van der Waals surface area contributed by atoms with Gasteiger partial charge in [-0.15, -0.1) is 0 Å². The standard InChI is InChI=1S/C8H5Br2ClFN/c1-3(12)6-4(9)2-5(11)8(13)7(6)10/h2H,1,13H2. The maximum atomic E-state index is 12.9. The first kappa shape index (κ1) is 11.0. The fourth-order valence-corrected chi connectivity index (χ4v) is 2.85. The Morgan fingerprint density at radius 2 is 2.08 bits per heavy atom. The molecule has 0 aliphatic rings. The monoisotopic (exact) mass is 327 g/mol. The Morgan fingerprint density at radius 1 is 1.54 bits per heavy atom. The maximum absolute atomic E-state index is 12.9. The van der Waals surface area contributed by atoms with Crippen molar-refractivity contribution in [1.82, 2.24) is 0 Å². The minimum absolute atomic E-state index is 0.293. The summed E-state index contributed by atoms with van der Waals surface area (Å²) in [4.78, 5) is 0. The van der Waals surface area contributed by atoms with Crippen molar-refractivity contribution in [3.8, 4) is 0 Å². The van der Waals surface area contributed by atoms with Crippen molar-refractivity contribution in [2.45, 2.75) is 0 Å². The highest BCUT2D eigenvalue weighted by atomic mass is 79.9. The fourth-order valence-electron chi connectivity index (χ4n) is 0.854. The van der Waals surface area contributed by atoms with Crippen molar-refractivity contribution in [3.05, 3.63) is 32.2 Å². The summed E-state index contributed by atoms with van der Waals surface area (Å²) < 4.78 is 13.8. The van der Waals surface area contributed by atoms with Gasteiger partial charge in [0.05, 0.1) is 15.2 Å². The van der Waals surface area contributed by atoms with Crippen LogP contribution >= 0.6 is 43.5 Å². The molecule has 0 saturated carbocycles. The molecule has 1 nitrogen and oxygen atoms in total. The second-order valence-electron chi connectivity index (χ2n) is 2.35. The predicted octanol–water partition coefficient (Wildman–Crippen LogP) is 4.39. The van der Waals surface area contributed by atoms with Crippen molar-refractivity contribution in [2.75, 3.05) is 5.73 Å². The van der Waals surface area contributed by atoms with Crippen LogP contribution in [0.3, 0.4) is 0 Å². The quantitative estimate of drug-likeness (QED) is 0.760. The second kappa shape index (κ2) is 3.98. The van der Waals surface area contributed by atoms with Crippen LogP contribution in [0.5, 0.6) is 0 Å². The summed E-state index contributed by atoms with van der Waals surface area (Å²) in [5, 5.41) is 0.365. The van der Waals surface area contributed by atoms with Gasteiger partial charge in [0.15, 0.2) is 0 Å². The topological polar surface area (TPSA) is 26.0 Å². The Morgan fingerprint density at radius 3 is 2.54 bits per heavy atom. The lowest BCUT2D eigenvalue weighted by molar-refractivity contribution is 0.761. The van der Waals surface area contributed by atoms with Gasteiger partial charge in [-0.3, -0.25) is 0 Å². The molecule has 0 unspecified atom stereocenters. The molecule has 70 valence electrons. The molecule has 0 amide bonds. The molecule has 0 aromatic heterocycles. The van der Waals surface area contributed by atoms with Gasteiger partial charge in [-0.2, -0.15) is 0 Å². The lowest BCUT2D eigenvalue weighted by Gasteiger charge is -2.08. The Kier molecular flexibility index (Phi) is 3.38. The van der Waals surface area contributed by atoms with Crippen LogP contribution in [0, 0.1) is 0 Å². The van der Waals surface area contributed by atoms with E-state index in [4.69, 9.17) is 17.3 Å². The van der Waals surface area contributed by atoms with E-state index in [9.17, 15) is 4.39 Å². The number of hydrogen-bond donors (Lipinski definition) is 1. The molecule has 0 bridgehead atoms. The van der Waals surface area contributed by atoms with Gasteiger partial charge >= 0.3 is 0 Å². The summed E-state index contributed by atoms with van der Waals surface area (Å²) in [5.41, 5.74) is 6.18. The molecule has 2 N–H and O–H groups in total. The van der Waals surface area contributed by atoms with Crippen LogP contribution in [-0.4, -0.2) is 0 Å². The lowest BCUT2D eigenvalue weighted by atomic mass is 10.2. The Balaban J connectivity index is 3.53. The predicted molar refractivity (Wildman–Crippen MR) is 61.4 cm³/mol. The van der Waals surface area contributed by atoms with Gasteiger partial charge in [0.1, 0.15) is 5.83 Å². The van der Waals surface area contributed by atoms with E-state index >= 15 is 0 Å². The maximum Gasteiger partial charge on any atom is 0.125 e. The number of nitrogens with two attached hydrogens (primary N) is 1. The van der Waals surface area contributed by atoms with Crippen molar-refractivity contribution in [3.63, 3.8) is 0 Å². The van der Waals surface area contributed by atoms with Gasteiger partial charge in [-0.25, -0.2) is 4.39 Å². The first-order valence-electron chi connectivity index (χ1n) is 3.23. The molecule has 0 aliphatic carbocycles. The third-order valence-electron chi connectivity index (χ3n) is 1.48. The highest BCUT2D eigenvalue weighted by molar-refractivity contribution is 9.11. The normalized spacial score (nSPS) is 10.2. The molecule has 0 spiro atoms. The number of rotatable bonds is 1. The third kappa shape index (κ3) is 2.06. The van der Waals surface area contributed by atoms with Gasteiger partial charge < -0.3 is 5.73 Å². The molecule has 13 heavy (non-hydrogen) atoms. The molecule has 1 aromatic rings. The number of benzene rings is 1. The van der Waals surface area contributed by atoms with E-state index in [1.54, 1.807) is 0 Å². The number of hydrogen-bond acceptors (Lipinski definition) is 1. The summed E-state index contributed by atoms with van der Waals surface area (Å²) >= 11 is 12.1. The van der Waals surface area contributed by atoms with Crippen LogP contribution in [0.4, 0.5) is 10.1 Å². The van der Waals surface area contributed by atoms with Crippen molar-refractivity contribution in [1.29, 1.82) is 0 Å². The van der Waals surface area contributed by atoms with Crippen molar-refractivity contribution < 1.29 is 4.39 Å². The summed E-state index contributed by atoms with van der Waals surface area (Å²) in [5.74, 6) is -0.567. The van der Waals surface area contributed by atoms with Gasteiger partial charge in [0.2, 0.25) is 0 Å². The number of nitrogen functional groups attached to an aromatic ring is 1. The van der Waals surface area contributed by atoms with Crippen LogP contribution < -0.4 is 5.73 Å². The summed E-state index contributed by atoms with van der Waals surface area (Å²) in [7, 11) is 0. The molecule has 0 atom stereocenters. The van der Waals surface area contributed by atoms with Gasteiger partial charge in [0, 0.05) is 10.0 Å². The highest BCUT2D eigenvalue weighted by Gasteiger charge is 2.14. The molecular formula is C8H5Br2ClFN. The second-order valence-corrected chi connectivity index (χ2v) is 4.40. The molecular weight excluding hydrogens is 324 g/mol. The van der Waals surface area contributed by atoms with Crippen LogP contribution in [0.1, 0.15) is 5.56 Å². The van der Waals surface area contributed by atoms with E-state index in [2.05, 4.69) is 38.4 Å². The van der Waals surface area contributed by atoms with E-state index in [0.717, 1.165) is 0 Å². The number of halogens is 4. The fraction of sp³-hybridized carbons (Fsp3) is 0. The zero-order chi connectivity index (χ0) is 10.2. The van der Waals surface area contributed by atoms with Crippen LogP contribution in [0.15, 0.2) is 21.6 Å². The molecule has 0 saturated heterocycles. The van der Waals surface area contributed by atoms with E-state index < -0.39 is 5.83 Å². The highest BCUT2D eigenvalue weighted by Crippen LogP contribution is 2.39. The molecule has 0 radical (unpaired) electrons. The van der Waals surface area contributed by atoms with E-state index in [1.807, 2.05) is 0 Å². The van der Waals surface area contributed by atoms with Gasteiger partial charge in [-0.1, -0.05) is 18.2 Å². The first-order valence-corrected chi connectivity index (χ1v) is 5.19. The summed E-state index contributed by atoms with van der Waals surface area (Å²) in [6, 6.07) is 1.53. The van der Waals surface area contributed by atoms with E-state index in [-0.39, 0.29) is 0 Å². The minimum Gasteiger partial charge on any atom is -0.397 e. The Hall–Kier alpha value is -0.0600.